The molecule has 0 radical (unpaired) electrons. The molecular weight excluding hydrogens is 268 g/mol. The van der Waals surface area contributed by atoms with Gasteiger partial charge in [0.05, 0.1) is 10.9 Å². The third kappa shape index (κ3) is 3.74. The van der Waals surface area contributed by atoms with E-state index >= 15 is 0 Å². The Morgan fingerprint density at radius 1 is 1.26 bits per heavy atom. The molecule has 0 spiro atoms. The van der Waals surface area contributed by atoms with Crippen LogP contribution in [0.5, 0.6) is 0 Å². The zero-order valence-electron chi connectivity index (χ0n) is 10.2. The van der Waals surface area contributed by atoms with Crippen LogP contribution in [-0.4, -0.2) is 40.0 Å². The van der Waals surface area contributed by atoms with Gasteiger partial charge in [0.2, 0.25) is 15.9 Å². The van der Waals surface area contributed by atoms with Crippen LogP contribution in [0.1, 0.15) is 0 Å². The number of nitrogens with two attached hydrogens (primary N) is 1. The molecule has 1 saturated heterocycles. The summed E-state index contributed by atoms with van der Waals surface area (Å²) in [5, 5.41) is 13.9. The molecule has 1 fully saturated rings. The summed E-state index contributed by atoms with van der Waals surface area (Å²) in [6, 6.07) is 5.45. The molecule has 1 unspecified atom stereocenters. The Morgan fingerprint density at radius 3 is 2.47 bits per heavy atom. The maximum atomic E-state index is 11.9. The van der Waals surface area contributed by atoms with Gasteiger partial charge in [0.15, 0.2) is 0 Å². The number of benzene rings is 1. The lowest BCUT2D eigenvalue weighted by Gasteiger charge is -2.23. The zero-order valence-corrected chi connectivity index (χ0v) is 11.0. The maximum absolute atomic E-state index is 11.9. The van der Waals surface area contributed by atoms with Crippen molar-refractivity contribution in [2.45, 2.75) is 10.9 Å². The first-order valence-electron chi connectivity index (χ1n) is 5.84. The van der Waals surface area contributed by atoms with E-state index in [9.17, 15) is 13.2 Å². The predicted molar refractivity (Wildman–Crippen MR) is 71.1 cm³/mol. The van der Waals surface area contributed by atoms with Crippen molar-refractivity contribution in [1.82, 2.24) is 10.6 Å². The number of sulfonamides is 1. The molecule has 0 bridgehead atoms. The molecule has 1 atom stereocenters. The highest BCUT2D eigenvalue weighted by molar-refractivity contribution is 7.89. The maximum Gasteiger partial charge on any atom is 0.242 e. The van der Waals surface area contributed by atoms with E-state index in [1.54, 1.807) is 0 Å². The van der Waals surface area contributed by atoms with E-state index in [1.807, 2.05) is 0 Å². The molecule has 104 valence electrons. The third-order valence-corrected chi connectivity index (χ3v) is 3.74. The molecule has 1 aromatic rings. The molecule has 1 aromatic carbocycles. The highest BCUT2D eigenvalue weighted by Crippen LogP contribution is 2.12. The van der Waals surface area contributed by atoms with E-state index in [-0.39, 0.29) is 16.8 Å². The summed E-state index contributed by atoms with van der Waals surface area (Å²) in [6.07, 6.45) is 0. The van der Waals surface area contributed by atoms with Crippen molar-refractivity contribution in [3.05, 3.63) is 24.3 Å². The lowest BCUT2D eigenvalue weighted by atomic mass is 10.2. The summed E-state index contributed by atoms with van der Waals surface area (Å²) in [7, 11) is -3.70. The number of anilines is 1. The molecule has 1 aliphatic rings. The number of rotatable bonds is 3. The van der Waals surface area contributed by atoms with Crippen molar-refractivity contribution in [2.24, 2.45) is 5.14 Å². The van der Waals surface area contributed by atoms with Gasteiger partial charge in [-0.2, -0.15) is 0 Å². The van der Waals surface area contributed by atoms with Crippen LogP contribution in [0.2, 0.25) is 0 Å². The van der Waals surface area contributed by atoms with Crippen LogP contribution in [0, 0.1) is 0 Å². The van der Waals surface area contributed by atoms with Gasteiger partial charge < -0.3 is 16.0 Å². The molecule has 0 saturated carbocycles. The van der Waals surface area contributed by atoms with E-state index < -0.39 is 10.0 Å². The predicted octanol–water partition coefficient (Wildman–Crippen LogP) is -1.17. The largest absolute Gasteiger partial charge is 0.325 e. The second-order valence-corrected chi connectivity index (χ2v) is 5.83. The van der Waals surface area contributed by atoms with Gasteiger partial charge in [-0.15, -0.1) is 0 Å². The van der Waals surface area contributed by atoms with Gasteiger partial charge in [-0.05, 0) is 24.3 Å². The van der Waals surface area contributed by atoms with Gasteiger partial charge in [-0.25, -0.2) is 13.6 Å². The average Bonchev–Trinajstić information content (AvgIpc) is 2.39. The van der Waals surface area contributed by atoms with Gasteiger partial charge in [-0.1, -0.05) is 0 Å². The molecule has 7 nitrogen and oxygen atoms in total. The first-order valence-corrected chi connectivity index (χ1v) is 7.39. The molecule has 19 heavy (non-hydrogen) atoms. The fraction of sp³-hybridized carbons (Fsp3) is 0.364. The van der Waals surface area contributed by atoms with Crippen molar-refractivity contribution < 1.29 is 13.2 Å². The summed E-state index contributed by atoms with van der Waals surface area (Å²) in [4.78, 5) is 11.9. The van der Waals surface area contributed by atoms with Crippen molar-refractivity contribution in [2.75, 3.05) is 25.0 Å². The molecule has 1 amide bonds. The zero-order chi connectivity index (χ0) is 13.9. The summed E-state index contributed by atoms with van der Waals surface area (Å²) in [5.41, 5.74) is 0.532. The molecule has 5 N–H and O–H groups in total. The Kier molecular flexibility index (Phi) is 4.15. The van der Waals surface area contributed by atoms with E-state index in [2.05, 4.69) is 16.0 Å². The first-order chi connectivity index (χ1) is 8.97. The van der Waals surface area contributed by atoms with Gasteiger partial charge >= 0.3 is 0 Å². The standard InChI is InChI=1S/C11H16N4O3S/c12-19(17,18)9-3-1-8(2-4-9)15-11(16)10-7-13-5-6-14-10/h1-4,10,13-14H,5-7H2,(H,15,16)(H2,12,17,18). The van der Waals surface area contributed by atoms with Crippen LogP contribution in [0.15, 0.2) is 29.2 Å². The number of hydrogen-bond acceptors (Lipinski definition) is 5. The van der Waals surface area contributed by atoms with Gasteiger partial charge in [0, 0.05) is 25.3 Å². The number of primary sulfonamides is 1. The van der Waals surface area contributed by atoms with Crippen LogP contribution in [0.3, 0.4) is 0 Å². The Labute approximate surface area is 111 Å². The van der Waals surface area contributed by atoms with Crippen molar-refractivity contribution in [3.8, 4) is 0 Å². The van der Waals surface area contributed by atoms with E-state index in [1.165, 1.54) is 24.3 Å². The summed E-state index contributed by atoms with van der Waals surface area (Å²) in [6.45, 7) is 2.15. The number of amides is 1. The summed E-state index contributed by atoms with van der Waals surface area (Å²) in [5.74, 6) is -0.157. The number of piperazine rings is 1. The number of carbonyl (C=O) groups is 1. The molecule has 1 heterocycles. The monoisotopic (exact) mass is 284 g/mol. The Balaban J connectivity index is 2.01. The summed E-state index contributed by atoms with van der Waals surface area (Å²) < 4.78 is 22.2. The fourth-order valence-electron chi connectivity index (χ4n) is 1.80. The first kappa shape index (κ1) is 13.9. The second kappa shape index (κ2) is 5.66. The number of hydrogen-bond donors (Lipinski definition) is 4. The minimum atomic E-state index is -3.70. The van der Waals surface area contributed by atoms with Crippen LogP contribution in [0.25, 0.3) is 0 Å². The third-order valence-electron chi connectivity index (χ3n) is 2.81. The van der Waals surface area contributed by atoms with Crippen LogP contribution < -0.4 is 21.1 Å². The summed E-state index contributed by atoms with van der Waals surface area (Å²) >= 11 is 0. The van der Waals surface area contributed by atoms with E-state index in [0.29, 0.717) is 12.2 Å². The number of carbonyl (C=O) groups excluding carboxylic acids is 1. The van der Waals surface area contributed by atoms with Crippen molar-refractivity contribution >= 4 is 21.6 Å². The van der Waals surface area contributed by atoms with Crippen molar-refractivity contribution in [3.63, 3.8) is 0 Å². The van der Waals surface area contributed by atoms with Crippen LogP contribution in [0.4, 0.5) is 5.69 Å². The smallest absolute Gasteiger partial charge is 0.242 e. The molecule has 8 heteroatoms. The molecule has 2 rings (SSSR count). The second-order valence-electron chi connectivity index (χ2n) is 4.27. The number of nitrogens with one attached hydrogen (secondary N) is 3. The Morgan fingerprint density at radius 2 is 1.95 bits per heavy atom. The minimum Gasteiger partial charge on any atom is -0.325 e. The molecule has 1 aliphatic heterocycles. The van der Waals surface area contributed by atoms with Crippen LogP contribution in [-0.2, 0) is 14.8 Å². The van der Waals surface area contributed by atoms with Gasteiger partial charge in [0.1, 0.15) is 0 Å². The van der Waals surface area contributed by atoms with Crippen molar-refractivity contribution in [1.29, 1.82) is 0 Å². The molecule has 0 aliphatic carbocycles. The minimum absolute atomic E-state index is 0.0166. The van der Waals surface area contributed by atoms with Gasteiger partial charge in [-0.3, -0.25) is 4.79 Å². The molecular formula is C11H16N4O3S. The highest BCUT2D eigenvalue weighted by atomic mass is 32.2. The SMILES string of the molecule is NS(=O)(=O)c1ccc(NC(=O)C2CNCCN2)cc1. The average molecular weight is 284 g/mol. The highest BCUT2D eigenvalue weighted by Gasteiger charge is 2.20. The van der Waals surface area contributed by atoms with Gasteiger partial charge in [0.25, 0.3) is 0 Å². The fourth-order valence-corrected chi connectivity index (χ4v) is 2.31. The quantitative estimate of drug-likeness (QED) is 0.559. The lowest BCUT2D eigenvalue weighted by Crippen LogP contribution is -2.54. The lowest BCUT2D eigenvalue weighted by molar-refractivity contribution is -0.118. The topological polar surface area (TPSA) is 113 Å². The van der Waals surface area contributed by atoms with E-state index in [0.717, 1.165) is 13.1 Å². The van der Waals surface area contributed by atoms with E-state index in [4.69, 9.17) is 5.14 Å². The Hall–Kier alpha value is -1.48. The Bertz CT molecular complexity index is 550. The molecule has 0 aromatic heterocycles. The normalized spacial score (nSPS) is 19.9. The van der Waals surface area contributed by atoms with Crippen LogP contribution >= 0.6 is 0 Å².